The molecule has 0 bridgehead atoms. The second-order valence-electron chi connectivity index (χ2n) is 9.71. The predicted octanol–water partition coefficient (Wildman–Crippen LogP) is 2.48. The Morgan fingerprint density at radius 3 is 2.61 bits per heavy atom. The molecule has 8 heteroatoms. The zero-order chi connectivity index (χ0) is 23.5. The van der Waals surface area contributed by atoms with Crippen molar-refractivity contribution < 1.29 is 9.53 Å². The van der Waals surface area contributed by atoms with Gasteiger partial charge >= 0.3 is 0 Å². The molecule has 0 saturated carbocycles. The molecule has 33 heavy (non-hydrogen) atoms. The molecular weight excluding hydrogens is 416 g/mol. The largest absolute Gasteiger partial charge is 0.496 e. The highest BCUT2D eigenvalue weighted by atomic mass is 16.5. The fraction of sp³-hybridized carbons (Fsp3) is 0.640. The molecule has 4 rings (SSSR count). The number of nitrogens with zero attached hydrogens (tertiary/aromatic N) is 5. The molecule has 1 aromatic heterocycles. The number of carbonyl (C=O) groups is 1. The summed E-state index contributed by atoms with van der Waals surface area (Å²) in [6, 6.07) is 4.23. The maximum absolute atomic E-state index is 12.8. The fourth-order valence-electron chi connectivity index (χ4n) is 5.01. The highest BCUT2D eigenvalue weighted by Gasteiger charge is 2.27. The number of nitrogens with one attached hydrogen (secondary N) is 1. The first kappa shape index (κ1) is 23.7. The SMILES string of the molecule is COc1cc(C)c(CN2CCc3nnc([C@H](C)NC(=O)C4CCN(C)CC4)n3CC2)cc1C. The van der Waals surface area contributed by atoms with Crippen molar-refractivity contribution in [1.29, 1.82) is 0 Å². The van der Waals surface area contributed by atoms with Crippen LogP contribution in [0.2, 0.25) is 0 Å². The van der Waals surface area contributed by atoms with Gasteiger partial charge in [0, 0.05) is 38.5 Å². The minimum absolute atomic E-state index is 0.0989. The van der Waals surface area contributed by atoms with Gasteiger partial charge in [0.1, 0.15) is 11.6 Å². The van der Waals surface area contributed by atoms with E-state index < -0.39 is 0 Å². The van der Waals surface area contributed by atoms with Crippen molar-refractivity contribution in [3.63, 3.8) is 0 Å². The first-order valence-electron chi connectivity index (χ1n) is 12.1. The van der Waals surface area contributed by atoms with Gasteiger partial charge in [0.25, 0.3) is 0 Å². The van der Waals surface area contributed by atoms with Gasteiger partial charge in [-0.15, -0.1) is 10.2 Å². The second-order valence-corrected chi connectivity index (χ2v) is 9.71. The van der Waals surface area contributed by atoms with Gasteiger partial charge < -0.3 is 19.5 Å². The average molecular weight is 455 g/mol. The summed E-state index contributed by atoms with van der Waals surface area (Å²) in [6.07, 6.45) is 2.70. The van der Waals surface area contributed by atoms with Gasteiger partial charge in [-0.05, 0) is 76.5 Å². The quantitative estimate of drug-likeness (QED) is 0.723. The number of amides is 1. The number of hydrogen-bond acceptors (Lipinski definition) is 6. The zero-order valence-electron chi connectivity index (χ0n) is 20.7. The van der Waals surface area contributed by atoms with Crippen LogP contribution in [0.1, 0.15) is 54.1 Å². The van der Waals surface area contributed by atoms with Gasteiger partial charge in [-0.2, -0.15) is 0 Å². The van der Waals surface area contributed by atoms with Crippen molar-refractivity contribution in [3.8, 4) is 5.75 Å². The van der Waals surface area contributed by atoms with Crippen LogP contribution in [0.5, 0.6) is 5.75 Å². The second kappa shape index (κ2) is 10.2. The molecule has 2 aromatic rings. The van der Waals surface area contributed by atoms with E-state index in [2.05, 4.69) is 62.9 Å². The molecule has 8 nitrogen and oxygen atoms in total. The Hall–Kier alpha value is -2.45. The smallest absolute Gasteiger partial charge is 0.223 e. The molecule has 1 N–H and O–H groups in total. The van der Waals surface area contributed by atoms with Crippen LogP contribution >= 0.6 is 0 Å². The number of carbonyl (C=O) groups excluding carboxylic acids is 1. The van der Waals surface area contributed by atoms with E-state index >= 15 is 0 Å². The number of methoxy groups -OCH3 is 1. The Morgan fingerprint density at radius 1 is 1.12 bits per heavy atom. The first-order valence-corrected chi connectivity index (χ1v) is 12.1. The van der Waals surface area contributed by atoms with Gasteiger partial charge in [0.15, 0.2) is 5.82 Å². The number of aryl methyl sites for hydroxylation is 2. The molecule has 0 unspecified atom stereocenters. The number of piperidine rings is 1. The van der Waals surface area contributed by atoms with Crippen molar-refractivity contribution in [2.75, 3.05) is 40.3 Å². The minimum atomic E-state index is -0.142. The van der Waals surface area contributed by atoms with Crippen molar-refractivity contribution >= 4 is 5.91 Å². The maximum Gasteiger partial charge on any atom is 0.223 e. The van der Waals surface area contributed by atoms with Crippen LogP contribution in [0.3, 0.4) is 0 Å². The summed E-state index contributed by atoms with van der Waals surface area (Å²) in [7, 11) is 3.84. The number of likely N-dealkylation sites (tertiary alicyclic amines) is 1. The molecule has 0 aliphatic carbocycles. The van der Waals surface area contributed by atoms with E-state index in [1.54, 1.807) is 7.11 Å². The maximum atomic E-state index is 12.8. The van der Waals surface area contributed by atoms with Crippen molar-refractivity contribution in [2.24, 2.45) is 5.92 Å². The van der Waals surface area contributed by atoms with Gasteiger partial charge in [0.05, 0.1) is 13.2 Å². The normalized spacial score (nSPS) is 19.1. The van der Waals surface area contributed by atoms with E-state index in [1.165, 1.54) is 16.7 Å². The lowest BCUT2D eigenvalue weighted by molar-refractivity contribution is -0.127. The Bertz CT molecular complexity index is 980. The highest BCUT2D eigenvalue weighted by molar-refractivity contribution is 5.79. The third kappa shape index (κ3) is 5.38. The molecule has 0 spiro atoms. The molecule has 1 aromatic carbocycles. The fourth-order valence-corrected chi connectivity index (χ4v) is 5.01. The Balaban J connectivity index is 1.38. The molecule has 3 heterocycles. The van der Waals surface area contributed by atoms with E-state index in [-0.39, 0.29) is 17.9 Å². The summed E-state index contributed by atoms with van der Waals surface area (Å²) in [5.41, 5.74) is 3.76. The molecule has 1 saturated heterocycles. The Morgan fingerprint density at radius 2 is 1.88 bits per heavy atom. The standard InChI is InChI=1S/C25H38N6O2/c1-17-15-22(33-5)18(2)14-21(17)16-30-11-8-23-27-28-24(31(23)13-12-30)19(3)26-25(32)20-6-9-29(4)10-7-20/h14-15,19-20H,6-13,16H2,1-5H3,(H,26,32)/t19-/m0/s1. The number of hydrogen-bond donors (Lipinski definition) is 1. The van der Waals surface area contributed by atoms with E-state index in [0.29, 0.717) is 0 Å². The lowest BCUT2D eigenvalue weighted by atomic mass is 9.96. The van der Waals surface area contributed by atoms with Gasteiger partial charge in [-0.3, -0.25) is 9.69 Å². The Kier molecular flexibility index (Phi) is 7.34. The number of rotatable bonds is 6. The van der Waals surface area contributed by atoms with Gasteiger partial charge in [-0.1, -0.05) is 6.07 Å². The van der Waals surface area contributed by atoms with Crippen LogP contribution in [-0.4, -0.2) is 70.8 Å². The lowest BCUT2D eigenvalue weighted by Gasteiger charge is -2.29. The van der Waals surface area contributed by atoms with Gasteiger partial charge in [0.2, 0.25) is 5.91 Å². The highest BCUT2D eigenvalue weighted by Crippen LogP contribution is 2.25. The summed E-state index contributed by atoms with van der Waals surface area (Å²) in [6.45, 7) is 11.8. The molecular formula is C25H38N6O2. The number of fused-ring (bicyclic) bond motifs is 1. The van der Waals surface area contributed by atoms with E-state index in [0.717, 1.165) is 75.9 Å². The van der Waals surface area contributed by atoms with E-state index in [4.69, 9.17) is 4.74 Å². The van der Waals surface area contributed by atoms with Crippen LogP contribution < -0.4 is 10.1 Å². The van der Waals surface area contributed by atoms with Crippen molar-refractivity contribution in [1.82, 2.24) is 29.9 Å². The summed E-state index contributed by atoms with van der Waals surface area (Å²) in [4.78, 5) is 17.6. The summed E-state index contributed by atoms with van der Waals surface area (Å²) >= 11 is 0. The van der Waals surface area contributed by atoms with Crippen molar-refractivity contribution in [2.45, 2.75) is 59.2 Å². The summed E-state index contributed by atoms with van der Waals surface area (Å²) < 4.78 is 7.68. The topological polar surface area (TPSA) is 75.5 Å². The van der Waals surface area contributed by atoms with Crippen molar-refractivity contribution in [3.05, 3.63) is 40.5 Å². The molecule has 180 valence electrons. The molecule has 0 radical (unpaired) electrons. The van der Waals surface area contributed by atoms with E-state index in [1.807, 2.05) is 6.92 Å². The summed E-state index contributed by atoms with van der Waals surface area (Å²) in [5.74, 6) is 3.06. The van der Waals surface area contributed by atoms with Crippen LogP contribution in [0.4, 0.5) is 0 Å². The molecule has 1 amide bonds. The van der Waals surface area contributed by atoms with Crippen LogP contribution in [0, 0.1) is 19.8 Å². The molecule has 2 aliphatic heterocycles. The van der Waals surface area contributed by atoms with Crippen LogP contribution in [-0.2, 0) is 24.3 Å². The lowest BCUT2D eigenvalue weighted by Crippen LogP contribution is -2.40. The molecule has 1 atom stereocenters. The van der Waals surface area contributed by atoms with Crippen LogP contribution in [0.15, 0.2) is 12.1 Å². The van der Waals surface area contributed by atoms with Crippen LogP contribution in [0.25, 0.3) is 0 Å². The zero-order valence-corrected chi connectivity index (χ0v) is 20.7. The number of benzene rings is 1. The Labute approximate surface area is 197 Å². The summed E-state index contributed by atoms with van der Waals surface area (Å²) in [5, 5.41) is 12.1. The van der Waals surface area contributed by atoms with E-state index in [9.17, 15) is 4.79 Å². The third-order valence-electron chi connectivity index (χ3n) is 7.23. The number of aromatic nitrogens is 3. The molecule has 1 fully saturated rings. The van der Waals surface area contributed by atoms with Gasteiger partial charge in [-0.25, -0.2) is 0 Å². The predicted molar refractivity (Wildman–Crippen MR) is 128 cm³/mol. The first-order chi connectivity index (χ1) is 15.9. The molecule has 2 aliphatic rings. The average Bonchev–Trinajstić information content (AvgIpc) is 3.10. The minimum Gasteiger partial charge on any atom is -0.496 e. The monoisotopic (exact) mass is 454 g/mol. The third-order valence-corrected chi connectivity index (χ3v) is 7.23. The number of ether oxygens (including phenoxy) is 1.